The molecule has 0 radical (unpaired) electrons. The summed E-state index contributed by atoms with van der Waals surface area (Å²) >= 11 is 7.71. The molecule has 0 bridgehead atoms. The van der Waals surface area contributed by atoms with E-state index in [9.17, 15) is 9.59 Å². The van der Waals surface area contributed by atoms with Crippen molar-refractivity contribution in [1.29, 1.82) is 0 Å². The van der Waals surface area contributed by atoms with Crippen LogP contribution >= 0.6 is 35.3 Å². The van der Waals surface area contributed by atoms with E-state index >= 15 is 0 Å². The van der Waals surface area contributed by atoms with Crippen molar-refractivity contribution in [2.75, 3.05) is 18.6 Å². The molecule has 4 aromatic rings. The van der Waals surface area contributed by atoms with Gasteiger partial charge in [-0.2, -0.15) is 0 Å². The highest BCUT2D eigenvalue weighted by molar-refractivity contribution is 7.22. The van der Waals surface area contributed by atoms with Crippen molar-refractivity contribution in [1.82, 2.24) is 14.5 Å². The summed E-state index contributed by atoms with van der Waals surface area (Å²) in [5, 5.41) is 1.13. The van der Waals surface area contributed by atoms with Crippen LogP contribution in [0.4, 0.5) is 5.13 Å². The molecule has 10 heteroatoms. The number of amides is 1. The lowest BCUT2D eigenvalue weighted by Gasteiger charge is -2.20. The van der Waals surface area contributed by atoms with Crippen LogP contribution in [-0.2, 0) is 11.3 Å². The molecule has 4 rings (SSSR count). The monoisotopic (exact) mass is 490 g/mol. The Morgan fingerprint density at radius 1 is 1.16 bits per heavy atom. The number of halogens is 2. The molecule has 32 heavy (non-hydrogen) atoms. The van der Waals surface area contributed by atoms with Gasteiger partial charge in [0.05, 0.1) is 28.7 Å². The minimum Gasteiger partial charge on any atom is -0.465 e. The Balaban J connectivity index is 0.00000289. The maximum absolute atomic E-state index is 13.4. The third kappa shape index (κ3) is 5.09. The Kier molecular flexibility index (Phi) is 7.84. The van der Waals surface area contributed by atoms with Crippen molar-refractivity contribution in [3.8, 4) is 0 Å². The molecular weight excluding hydrogens is 471 g/mol. The number of carbonyl (C=O) groups excluding carboxylic acids is 2. The van der Waals surface area contributed by atoms with Crippen LogP contribution in [0.25, 0.3) is 10.2 Å². The standard InChI is InChI=1S/C22H19ClN4O3S.ClH/c1-30-21(29)16-8-6-15(7-9-16)20(28)27(12-3-11-26-13-10-24-14-26)22-25-19-17(23)4-2-5-18(19)31-22;/h2,4-10,13-14H,3,11-12H2,1H3;1H. The minimum atomic E-state index is -0.447. The predicted molar refractivity (Wildman–Crippen MR) is 128 cm³/mol. The fourth-order valence-corrected chi connectivity index (χ4v) is 4.45. The van der Waals surface area contributed by atoms with Gasteiger partial charge in [-0.15, -0.1) is 12.4 Å². The first-order chi connectivity index (χ1) is 15.1. The molecule has 0 saturated heterocycles. The van der Waals surface area contributed by atoms with E-state index in [4.69, 9.17) is 16.3 Å². The number of aromatic nitrogens is 3. The molecule has 0 N–H and O–H groups in total. The van der Waals surface area contributed by atoms with Gasteiger partial charge in [0.15, 0.2) is 5.13 Å². The van der Waals surface area contributed by atoms with Crippen LogP contribution in [0.5, 0.6) is 0 Å². The average molecular weight is 491 g/mol. The van der Waals surface area contributed by atoms with E-state index in [1.165, 1.54) is 18.4 Å². The maximum atomic E-state index is 13.4. The number of imidazole rings is 1. The molecule has 0 aliphatic rings. The quantitative estimate of drug-likeness (QED) is 0.337. The number of hydrogen-bond donors (Lipinski definition) is 0. The van der Waals surface area contributed by atoms with Crippen molar-refractivity contribution < 1.29 is 14.3 Å². The Morgan fingerprint density at radius 3 is 2.56 bits per heavy atom. The largest absolute Gasteiger partial charge is 0.465 e. The number of benzene rings is 2. The van der Waals surface area contributed by atoms with Gasteiger partial charge in [0, 0.05) is 31.0 Å². The van der Waals surface area contributed by atoms with Gasteiger partial charge in [0.2, 0.25) is 0 Å². The number of anilines is 1. The number of nitrogens with zero attached hydrogens (tertiary/aromatic N) is 4. The number of carbonyl (C=O) groups is 2. The van der Waals surface area contributed by atoms with Crippen molar-refractivity contribution in [3.05, 3.63) is 77.3 Å². The number of methoxy groups -OCH3 is 1. The van der Waals surface area contributed by atoms with Gasteiger partial charge in [-0.25, -0.2) is 14.8 Å². The van der Waals surface area contributed by atoms with Gasteiger partial charge < -0.3 is 9.30 Å². The summed E-state index contributed by atoms with van der Waals surface area (Å²) in [4.78, 5) is 35.4. The molecule has 0 saturated carbocycles. The summed E-state index contributed by atoms with van der Waals surface area (Å²) in [6.07, 6.45) is 6.07. The van der Waals surface area contributed by atoms with Crippen molar-refractivity contribution in [2.45, 2.75) is 13.0 Å². The summed E-state index contributed by atoms with van der Waals surface area (Å²) in [5.41, 5.74) is 1.52. The fourth-order valence-electron chi connectivity index (χ4n) is 3.16. The molecule has 0 unspecified atom stereocenters. The molecule has 0 fully saturated rings. The van der Waals surface area contributed by atoms with Crippen LogP contribution in [0.2, 0.25) is 5.02 Å². The van der Waals surface area contributed by atoms with Crippen LogP contribution in [-0.4, -0.2) is 40.1 Å². The lowest BCUT2D eigenvalue weighted by molar-refractivity contribution is 0.0600. The topological polar surface area (TPSA) is 77.3 Å². The van der Waals surface area contributed by atoms with Crippen LogP contribution in [0.15, 0.2) is 61.2 Å². The van der Waals surface area contributed by atoms with E-state index in [1.807, 2.05) is 22.9 Å². The molecule has 2 aromatic heterocycles. The summed E-state index contributed by atoms with van der Waals surface area (Å²) in [6.45, 7) is 1.18. The first-order valence-electron chi connectivity index (χ1n) is 9.58. The van der Waals surface area contributed by atoms with Crippen LogP contribution in [0.1, 0.15) is 27.1 Å². The first kappa shape index (κ1) is 23.7. The number of thiazole rings is 1. The third-order valence-electron chi connectivity index (χ3n) is 4.74. The minimum absolute atomic E-state index is 0. The van der Waals surface area contributed by atoms with E-state index in [-0.39, 0.29) is 18.3 Å². The second kappa shape index (κ2) is 10.6. The predicted octanol–water partition coefficient (Wildman–Crippen LogP) is 5.09. The smallest absolute Gasteiger partial charge is 0.337 e. The highest BCUT2D eigenvalue weighted by Gasteiger charge is 2.22. The van der Waals surface area contributed by atoms with Gasteiger partial charge in [0.25, 0.3) is 5.91 Å². The Bertz CT molecular complexity index is 1210. The molecule has 7 nitrogen and oxygen atoms in total. The molecule has 0 spiro atoms. The van der Waals surface area contributed by atoms with Crippen molar-refractivity contribution >= 4 is 62.6 Å². The maximum Gasteiger partial charge on any atom is 0.337 e. The number of para-hydroxylation sites is 1. The number of fused-ring (bicyclic) bond motifs is 1. The fraction of sp³-hybridized carbons (Fsp3) is 0.182. The molecular formula is C22H20Cl2N4O3S. The molecule has 0 aliphatic carbocycles. The van der Waals surface area contributed by atoms with E-state index in [2.05, 4.69) is 9.97 Å². The van der Waals surface area contributed by atoms with Gasteiger partial charge in [-0.05, 0) is 42.8 Å². The summed E-state index contributed by atoms with van der Waals surface area (Å²) < 4.78 is 7.60. The number of hydrogen-bond acceptors (Lipinski definition) is 6. The molecule has 0 atom stereocenters. The molecule has 2 heterocycles. The van der Waals surface area contributed by atoms with E-state index in [0.717, 1.165) is 11.2 Å². The van der Waals surface area contributed by atoms with Crippen LogP contribution in [0.3, 0.4) is 0 Å². The van der Waals surface area contributed by atoms with Gasteiger partial charge >= 0.3 is 5.97 Å². The number of ether oxygens (including phenoxy) is 1. The molecule has 166 valence electrons. The molecule has 2 aromatic carbocycles. The van der Waals surface area contributed by atoms with Gasteiger partial charge in [0.1, 0.15) is 5.52 Å². The Hall–Kier alpha value is -2.94. The van der Waals surface area contributed by atoms with Gasteiger partial charge in [-0.1, -0.05) is 29.0 Å². The molecule has 0 aliphatic heterocycles. The molecule has 1 amide bonds. The van der Waals surface area contributed by atoms with Crippen molar-refractivity contribution in [3.63, 3.8) is 0 Å². The lowest BCUT2D eigenvalue weighted by Crippen LogP contribution is -2.32. The SMILES string of the molecule is COC(=O)c1ccc(C(=O)N(CCCn2ccnc2)c2nc3c(Cl)cccc3s2)cc1.Cl. The highest BCUT2D eigenvalue weighted by Crippen LogP contribution is 2.33. The number of aryl methyl sites for hydroxylation is 1. The summed E-state index contributed by atoms with van der Waals surface area (Å²) in [7, 11) is 1.32. The zero-order chi connectivity index (χ0) is 21.8. The Morgan fingerprint density at radius 2 is 1.91 bits per heavy atom. The second-order valence-corrected chi connectivity index (χ2v) is 8.18. The van der Waals surface area contributed by atoms with E-state index in [0.29, 0.717) is 39.8 Å². The van der Waals surface area contributed by atoms with Crippen LogP contribution in [0, 0.1) is 0 Å². The number of esters is 1. The van der Waals surface area contributed by atoms with Crippen molar-refractivity contribution in [2.24, 2.45) is 0 Å². The zero-order valence-corrected chi connectivity index (χ0v) is 19.5. The average Bonchev–Trinajstić information content (AvgIpc) is 3.46. The number of rotatable bonds is 7. The second-order valence-electron chi connectivity index (χ2n) is 6.76. The highest BCUT2D eigenvalue weighted by atomic mass is 35.5. The normalized spacial score (nSPS) is 10.6. The summed E-state index contributed by atoms with van der Waals surface area (Å²) in [5.74, 6) is -0.644. The third-order valence-corrected chi connectivity index (χ3v) is 6.09. The first-order valence-corrected chi connectivity index (χ1v) is 10.8. The summed E-state index contributed by atoms with van der Waals surface area (Å²) in [6, 6.07) is 12.0. The zero-order valence-electron chi connectivity index (χ0n) is 17.1. The van der Waals surface area contributed by atoms with E-state index in [1.54, 1.807) is 47.8 Å². The van der Waals surface area contributed by atoms with Crippen LogP contribution < -0.4 is 4.90 Å². The van der Waals surface area contributed by atoms with Gasteiger partial charge in [-0.3, -0.25) is 9.69 Å². The lowest BCUT2D eigenvalue weighted by atomic mass is 10.1. The Labute approximate surface area is 200 Å². The van der Waals surface area contributed by atoms with E-state index < -0.39 is 5.97 Å².